The molecule has 2 aromatic carbocycles. The van der Waals surface area contributed by atoms with Gasteiger partial charge in [0.2, 0.25) is 0 Å². The van der Waals surface area contributed by atoms with Crippen LogP contribution >= 0.6 is 11.3 Å². The third-order valence-electron chi connectivity index (χ3n) is 6.58. The van der Waals surface area contributed by atoms with Crippen LogP contribution in [0.25, 0.3) is 48.8 Å². The Balaban J connectivity index is 1.70. The Morgan fingerprint density at radius 1 is 0.839 bits per heavy atom. The van der Waals surface area contributed by atoms with Crippen molar-refractivity contribution in [1.82, 2.24) is 14.5 Å². The normalized spacial score (nSPS) is 14.4. The Hall–Kier alpha value is -3.50. The molecule has 0 saturated heterocycles. The summed E-state index contributed by atoms with van der Waals surface area (Å²) in [4.78, 5) is 11.2. The largest absolute Gasteiger partial charge is 0.306 e. The molecule has 1 aliphatic carbocycles. The van der Waals surface area contributed by atoms with Gasteiger partial charge in [-0.05, 0) is 38.1 Å². The first-order valence-electron chi connectivity index (χ1n) is 10.5. The molecule has 31 heavy (non-hydrogen) atoms. The summed E-state index contributed by atoms with van der Waals surface area (Å²) in [6.45, 7) is 4.58. The summed E-state index contributed by atoms with van der Waals surface area (Å²) in [5.74, 6) is 0. The van der Waals surface area contributed by atoms with Crippen molar-refractivity contribution in [1.29, 1.82) is 0 Å². The Morgan fingerprint density at radius 2 is 1.65 bits per heavy atom. The lowest BCUT2D eigenvalue weighted by Gasteiger charge is -2.18. The SMILES string of the molecule is CC1(C)c2ncccc2-c2c1sc1c2cnc2c3ccccc3n(-c3ccccc3)c21. The smallest absolute Gasteiger partial charge is 0.0978 e. The minimum Gasteiger partial charge on any atom is -0.306 e. The molecule has 0 amide bonds. The van der Waals surface area contributed by atoms with Gasteiger partial charge in [-0.15, -0.1) is 11.3 Å². The number of para-hydroxylation sites is 2. The van der Waals surface area contributed by atoms with Crippen molar-refractivity contribution in [3.8, 4) is 16.8 Å². The average Bonchev–Trinajstić information content (AvgIpc) is 3.42. The molecule has 148 valence electrons. The Morgan fingerprint density at radius 3 is 2.52 bits per heavy atom. The van der Waals surface area contributed by atoms with Gasteiger partial charge in [0.05, 0.1) is 26.9 Å². The maximum Gasteiger partial charge on any atom is 0.0978 e. The summed E-state index contributed by atoms with van der Waals surface area (Å²) in [6, 6.07) is 23.5. The van der Waals surface area contributed by atoms with Crippen LogP contribution in [0.2, 0.25) is 0 Å². The molecule has 3 nitrogen and oxygen atoms in total. The van der Waals surface area contributed by atoms with Gasteiger partial charge >= 0.3 is 0 Å². The van der Waals surface area contributed by atoms with E-state index in [1.165, 1.54) is 48.2 Å². The molecule has 0 N–H and O–H groups in total. The van der Waals surface area contributed by atoms with E-state index in [0.717, 1.165) is 11.2 Å². The lowest BCUT2D eigenvalue weighted by molar-refractivity contribution is 0.649. The van der Waals surface area contributed by atoms with Crippen LogP contribution in [0.1, 0.15) is 24.4 Å². The van der Waals surface area contributed by atoms with Gasteiger partial charge in [0.15, 0.2) is 0 Å². The van der Waals surface area contributed by atoms with Crippen LogP contribution in [-0.2, 0) is 5.41 Å². The van der Waals surface area contributed by atoms with E-state index in [9.17, 15) is 0 Å². The Labute approximate surface area is 183 Å². The van der Waals surface area contributed by atoms with Crippen molar-refractivity contribution in [3.05, 3.63) is 89.7 Å². The number of nitrogens with zero attached hydrogens (tertiary/aromatic N) is 3. The van der Waals surface area contributed by atoms with Crippen molar-refractivity contribution >= 4 is 43.4 Å². The van der Waals surface area contributed by atoms with Gasteiger partial charge in [0, 0.05) is 50.3 Å². The molecule has 0 fully saturated rings. The molecule has 6 aromatic rings. The lowest BCUT2D eigenvalue weighted by Crippen LogP contribution is -2.15. The zero-order valence-electron chi connectivity index (χ0n) is 17.3. The number of pyridine rings is 2. The third kappa shape index (κ3) is 2.08. The third-order valence-corrected chi connectivity index (χ3v) is 8.12. The van der Waals surface area contributed by atoms with Gasteiger partial charge in [-0.2, -0.15) is 0 Å². The highest BCUT2D eigenvalue weighted by Crippen LogP contribution is 2.55. The van der Waals surface area contributed by atoms with Crippen molar-refractivity contribution < 1.29 is 0 Å². The second-order valence-corrected chi connectivity index (χ2v) is 9.74. The summed E-state index contributed by atoms with van der Waals surface area (Å²) in [5, 5.41) is 2.42. The zero-order chi connectivity index (χ0) is 20.7. The highest BCUT2D eigenvalue weighted by atomic mass is 32.1. The van der Waals surface area contributed by atoms with E-state index in [1.54, 1.807) is 0 Å². The summed E-state index contributed by atoms with van der Waals surface area (Å²) in [6.07, 6.45) is 3.98. The summed E-state index contributed by atoms with van der Waals surface area (Å²) < 4.78 is 3.68. The fraction of sp³-hybridized carbons (Fsp3) is 0.111. The van der Waals surface area contributed by atoms with Crippen LogP contribution in [-0.4, -0.2) is 14.5 Å². The standard InChI is InChI=1S/C27H19N3S/c1-27(2)25-18(12-8-14-28-25)21-19-15-29-22-17-11-6-7-13-20(17)30(16-9-4-3-5-10-16)23(22)24(19)31-26(21)27/h3-15H,1-2H3. The molecular formula is C27H19N3S. The first-order valence-corrected chi connectivity index (χ1v) is 11.3. The van der Waals surface area contributed by atoms with E-state index in [1.807, 2.05) is 23.6 Å². The summed E-state index contributed by atoms with van der Waals surface area (Å²) in [5.41, 5.74) is 8.25. The predicted octanol–water partition coefficient (Wildman–Crippen LogP) is 7.09. The van der Waals surface area contributed by atoms with Crippen molar-refractivity contribution in [2.75, 3.05) is 0 Å². The highest BCUT2D eigenvalue weighted by Gasteiger charge is 2.40. The van der Waals surface area contributed by atoms with Gasteiger partial charge < -0.3 is 4.57 Å². The topological polar surface area (TPSA) is 30.7 Å². The lowest BCUT2D eigenvalue weighted by atomic mass is 9.91. The molecule has 0 saturated carbocycles. The van der Waals surface area contributed by atoms with E-state index in [-0.39, 0.29) is 5.41 Å². The van der Waals surface area contributed by atoms with E-state index >= 15 is 0 Å². The number of hydrogen-bond donors (Lipinski definition) is 0. The van der Waals surface area contributed by atoms with Crippen molar-refractivity contribution in [2.24, 2.45) is 0 Å². The minimum atomic E-state index is -0.106. The van der Waals surface area contributed by atoms with Crippen LogP contribution in [0.4, 0.5) is 0 Å². The molecule has 1 aliphatic rings. The Kier molecular flexibility index (Phi) is 3.22. The quantitative estimate of drug-likeness (QED) is 0.286. The van der Waals surface area contributed by atoms with E-state index in [2.05, 4.69) is 85.3 Å². The first kappa shape index (κ1) is 17.2. The average molecular weight is 418 g/mol. The summed E-state index contributed by atoms with van der Waals surface area (Å²) >= 11 is 1.90. The number of rotatable bonds is 1. The number of fused-ring (bicyclic) bond motifs is 9. The molecule has 0 aliphatic heterocycles. The van der Waals surface area contributed by atoms with Crippen LogP contribution in [0.3, 0.4) is 0 Å². The summed E-state index contributed by atoms with van der Waals surface area (Å²) in [7, 11) is 0. The Bertz CT molecular complexity index is 1650. The highest BCUT2D eigenvalue weighted by molar-refractivity contribution is 7.21. The number of hydrogen-bond acceptors (Lipinski definition) is 3. The van der Waals surface area contributed by atoms with Gasteiger partial charge in [-0.3, -0.25) is 9.97 Å². The molecule has 0 atom stereocenters. The maximum absolute atomic E-state index is 5.02. The monoisotopic (exact) mass is 417 g/mol. The van der Waals surface area contributed by atoms with Gasteiger partial charge in [-0.1, -0.05) is 42.5 Å². The second kappa shape index (κ2) is 5.80. The van der Waals surface area contributed by atoms with E-state index in [0.29, 0.717) is 0 Å². The molecule has 0 unspecified atom stereocenters. The number of aromatic nitrogens is 3. The van der Waals surface area contributed by atoms with Crippen LogP contribution in [0.15, 0.2) is 79.1 Å². The first-order chi connectivity index (χ1) is 15.2. The minimum absolute atomic E-state index is 0.106. The van der Waals surface area contributed by atoms with Crippen molar-refractivity contribution in [3.63, 3.8) is 0 Å². The number of thiophene rings is 1. The number of benzene rings is 2. The molecule has 0 spiro atoms. The van der Waals surface area contributed by atoms with E-state index < -0.39 is 0 Å². The fourth-order valence-corrected chi connectivity index (χ4v) is 6.63. The molecule has 4 heterocycles. The van der Waals surface area contributed by atoms with Crippen LogP contribution in [0.5, 0.6) is 0 Å². The predicted molar refractivity (Wildman–Crippen MR) is 129 cm³/mol. The second-order valence-electron chi connectivity index (χ2n) is 8.72. The molecule has 7 rings (SSSR count). The van der Waals surface area contributed by atoms with E-state index in [4.69, 9.17) is 9.97 Å². The zero-order valence-corrected chi connectivity index (χ0v) is 18.1. The molecule has 4 heteroatoms. The van der Waals surface area contributed by atoms with Gasteiger partial charge in [0.1, 0.15) is 0 Å². The van der Waals surface area contributed by atoms with Crippen LogP contribution < -0.4 is 0 Å². The maximum atomic E-state index is 5.02. The molecular weight excluding hydrogens is 398 g/mol. The van der Waals surface area contributed by atoms with Crippen LogP contribution in [0, 0.1) is 0 Å². The fourth-order valence-electron chi connectivity index (χ4n) is 5.20. The molecule has 4 aromatic heterocycles. The van der Waals surface area contributed by atoms with Crippen molar-refractivity contribution in [2.45, 2.75) is 19.3 Å². The molecule has 0 radical (unpaired) electrons. The van der Waals surface area contributed by atoms with Gasteiger partial charge in [-0.25, -0.2) is 0 Å². The van der Waals surface area contributed by atoms with Gasteiger partial charge in [0.25, 0.3) is 0 Å². The molecule has 0 bridgehead atoms.